The first-order chi connectivity index (χ1) is 9.81. The third-order valence-electron chi connectivity index (χ3n) is 4.01. The quantitative estimate of drug-likeness (QED) is 0.773. The van der Waals surface area contributed by atoms with Gasteiger partial charge in [0.1, 0.15) is 11.5 Å². The van der Waals surface area contributed by atoms with Crippen molar-refractivity contribution in [1.29, 1.82) is 0 Å². The Balaban J connectivity index is 1.68. The zero-order valence-electron chi connectivity index (χ0n) is 11.1. The largest absolute Gasteiger partial charge is 0.493 e. The topological polar surface area (TPSA) is 18.5 Å². The Morgan fingerprint density at radius 1 is 0.800 bits per heavy atom. The Bertz CT molecular complexity index is 609. The van der Waals surface area contributed by atoms with Crippen LogP contribution in [0.2, 0.25) is 0 Å². The Hall–Kier alpha value is -1.48. The van der Waals surface area contributed by atoms with Crippen LogP contribution in [0.4, 0.5) is 0 Å². The second-order valence-electron chi connectivity index (χ2n) is 5.29. The van der Waals surface area contributed by atoms with Crippen molar-refractivity contribution in [3.63, 3.8) is 0 Å². The Morgan fingerprint density at radius 3 is 1.80 bits per heavy atom. The lowest BCUT2D eigenvalue weighted by atomic mass is 9.99. The fourth-order valence-electron chi connectivity index (χ4n) is 2.92. The number of rotatable bonds is 2. The summed E-state index contributed by atoms with van der Waals surface area (Å²) in [5.41, 5.74) is 5.20. The van der Waals surface area contributed by atoms with Gasteiger partial charge in [0, 0.05) is 12.8 Å². The van der Waals surface area contributed by atoms with Crippen LogP contribution < -0.4 is 9.47 Å². The van der Waals surface area contributed by atoms with Crippen LogP contribution in [0.5, 0.6) is 11.5 Å². The number of ether oxygens (including phenoxy) is 2. The molecule has 0 spiro atoms. The molecule has 4 rings (SSSR count). The number of alkyl halides is 1. The molecule has 2 aliphatic rings. The molecule has 2 heterocycles. The summed E-state index contributed by atoms with van der Waals surface area (Å²) >= 11 is 3.83. The first-order valence-corrected chi connectivity index (χ1v) is 7.88. The van der Waals surface area contributed by atoms with Crippen LogP contribution in [-0.2, 0) is 12.8 Å². The van der Waals surface area contributed by atoms with Gasteiger partial charge in [-0.15, -0.1) is 0 Å². The average Bonchev–Trinajstić information content (AvgIpc) is 3.13. The summed E-state index contributed by atoms with van der Waals surface area (Å²) in [5, 5.41) is 0. The number of benzene rings is 2. The van der Waals surface area contributed by atoms with E-state index in [-0.39, 0.29) is 4.83 Å². The molecular weight excluding hydrogens is 316 g/mol. The van der Waals surface area contributed by atoms with Gasteiger partial charge < -0.3 is 9.47 Å². The zero-order valence-corrected chi connectivity index (χ0v) is 12.7. The lowest BCUT2D eigenvalue weighted by Crippen LogP contribution is -1.94. The smallest absolute Gasteiger partial charge is 0.122 e. The summed E-state index contributed by atoms with van der Waals surface area (Å²) in [6, 6.07) is 13.0. The van der Waals surface area contributed by atoms with E-state index < -0.39 is 0 Å². The SMILES string of the molecule is BrC(c1ccc2c(c1)CCO2)c1ccc2c(c1)CCO2. The van der Waals surface area contributed by atoms with Gasteiger partial charge in [-0.25, -0.2) is 0 Å². The summed E-state index contributed by atoms with van der Waals surface area (Å²) in [4.78, 5) is 0.222. The van der Waals surface area contributed by atoms with Gasteiger partial charge in [-0.3, -0.25) is 0 Å². The highest BCUT2D eigenvalue weighted by atomic mass is 79.9. The lowest BCUT2D eigenvalue weighted by molar-refractivity contribution is 0.356. The van der Waals surface area contributed by atoms with Gasteiger partial charge in [0.2, 0.25) is 0 Å². The molecule has 0 aromatic heterocycles. The van der Waals surface area contributed by atoms with E-state index in [1.165, 1.54) is 22.3 Å². The normalized spacial score (nSPS) is 15.7. The van der Waals surface area contributed by atoms with Gasteiger partial charge in [0.15, 0.2) is 0 Å². The molecule has 0 amide bonds. The monoisotopic (exact) mass is 330 g/mol. The van der Waals surface area contributed by atoms with E-state index in [0.717, 1.165) is 37.6 Å². The maximum atomic E-state index is 5.57. The molecule has 2 aromatic rings. The Kier molecular flexibility index (Phi) is 2.95. The third kappa shape index (κ3) is 2.01. The molecule has 2 nitrogen and oxygen atoms in total. The van der Waals surface area contributed by atoms with Crippen molar-refractivity contribution in [3.8, 4) is 11.5 Å². The minimum atomic E-state index is 0.222. The zero-order chi connectivity index (χ0) is 13.5. The highest BCUT2D eigenvalue weighted by molar-refractivity contribution is 9.09. The van der Waals surface area contributed by atoms with Crippen molar-refractivity contribution in [2.45, 2.75) is 17.7 Å². The Morgan fingerprint density at radius 2 is 1.30 bits per heavy atom. The van der Waals surface area contributed by atoms with E-state index in [4.69, 9.17) is 9.47 Å². The summed E-state index contributed by atoms with van der Waals surface area (Å²) in [7, 11) is 0. The van der Waals surface area contributed by atoms with E-state index in [1.54, 1.807) is 0 Å². The predicted molar refractivity (Wildman–Crippen MR) is 82.1 cm³/mol. The van der Waals surface area contributed by atoms with E-state index in [0.29, 0.717) is 0 Å². The molecule has 0 saturated carbocycles. The van der Waals surface area contributed by atoms with E-state index in [2.05, 4.69) is 52.3 Å². The van der Waals surface area contributed by atoms with Crippen molar-refractivity contribution >= 4 is 15.9 Å². The molecule has 102 valence electrons. The van der Waals surface area contributed by atoms with Gasteiger partial charge in [-0.05, 0) is 34.4 Å². The minimum absolute atomic E-state index is 0.222. The van der Waals surface area contributed by atoms with Crippen molar-refractivity contribution < 1.29 is 9.47 Å². The first kappa shape index (κ1) is 12.3. The highest BCUT2D eigenvalue weighted by Crippen LogP contribution is 2.37. The van der Waals surface area contributed by atoms with E-state index in [9.17, 15) is 0 Å². The van der Waals surface area contributed by atoms with Gasteiger partial charge in [-0.1, -0.05) is 40.2 Å². The van der Waals surface area contributed by atoms with Crippen molar-refractivity contribution in [1.82, 2.24) is 0 Å². The maximum absolute atomic E-state index is 5.57. The highest BCUT2D eigenvalue weighted by Gasteiger charge is 2.19. The molecular formula is C17H15BrO2. The van der Waals surface area contributed by atoms with Crippen LogP contribution in [0.25, 0.3) is 0 Å². The van der Waals surface area contributed by atoms with Crippen molar-refractivity contribution in [2.75, 3.05) is 13.2 Å². The molecule has 0 radical (unpaired) electrons. The molecule has 2 aromatic carbocycles. The molecule has 3 heteroatoms. The van der Waals surface area contributed by atoms with Gasteiger partial charge in [0.05, 0.1) is 18.0 Å². The molecule has 2 aliphatic heterocycles. The van der Waals surface area contributed by atoms with E-state index >= 15 is 0 Å². The molecule has 0 aliphatic carbocycles. The average molecular weight is 331 g/mol. The van der Waals surface area contributed by atoms with Gasteiger partial charge in [-0.2, -0.15) is 0 Å². The molecule has 0 bridgehead atoms. The number of fused-ring (bicyclic) bond motifs is 2. The van der Waals surface area contributed by atoms with E-state index in [1.807, 2.05) is 0 Å². The van der Waals surface area contributed by atoms with Crippen molar-refractivity contribution in [2.24, 2.45) is 0 Å². The molecule has 0 unspecified atom stereocenters. The second-order valence-corrected chi connectivity index (χ2v) is 6.21. The summed E-state index contributed by atoms with van der Waals surface area (Å²) in [5.74, 6) is 2.08. The van der Waals surface area contributed by atoms with Crippen LogP contribution in [0.3, 0.4) is 0 Å². The lowest BCUT2D eigenvalue weighted by Gasteiger charge is -2.13. The van der Waals surface area contributed by atoms with Crippen LogP contribution >= 0.6 is 15.9 Å². The fraction of sp³-hybridized carbons (Fsp3) is 0.294. The summed E-state index contributed by atoms with van der Waals surface area (Å²) < 4.78 is 11.1. The Labute approximate surface area is 126 Å². The molecule has 0 N–H and O–H groups in total. The molecule has 0 atom stereocenters. The third-order valence-corrected chi connectivity index (χ3v) is 5.07. The molecule has 0 fully saturated rings. The molecule has 20 heavy (non-hydrogen) atoms. The maximum Gasteiger partial charge on any atom is 0.122 e. The first-order valence-electron chi connectivity index (χ1n) is 6.96. The standard InChI is InChI=1S/C17H15BrO2/c18-17(13-1-3-15-11(9-13)5-7-19-15)14-2-4-16-12(10-14)6-8-20-16/h1-4,9-10,17H,5-8H2. The predicted octanol–water partition coefficient (Wildman–Crippen LogP) is 4.04. The van der Waals surface area contributed by atoms with Crippen LogP contribution in [0, 0.1) is 0 Å². The fourth-order valence-corrected chi connectivity index (χ4v) is 3.49. The second kappa shape index (κ2) is 4.81. The van der Waals surface area contributed by atoms with Crippen LogP contribution in [0.1, 0.15) is 27.1 Å². The minimum Gasteiger partial charge on any atom is -0.493 e. The number of hydrogen-bond donors (Lipinski definition) is 0. The van der Waals surface area contributed by atoms with Gasteiger partial charge in [0.25, 0.3) is 0 Å². The number of hydrogen-bond acceptors (Lipinski definition) is 2. The van der Waals surface area contributed by atoms with Crippen LogP contribution in [-0.4, -0.2) is 13.2 Å². The van der Waals surface area contributed by atoms with Gasteiger partial charge >= 0.3 is 0 Å². The number of halogens is 1. The summed E-state index contributed by atoms with van der Waals surface area (Å²) in [6.07, 6.45) is 2.03. The van der Waals surface area contributed by atoms with Crippen molar-refractivity contribution in [3.05, 3.63) is 58.7 Å². The van der Waals surface area contributed by atoms with Crippen LogP contribution in [0.15, 0.2) is 36.4 Å². The summed E-state index contributed by atoms with van der Waals surface area (Å²) in [6.45, 7) is 1.61. The molecule has 0 saturated heterocycles.